The Hall–Kier alpha value is -2.68. The number of rotatable bonds is 2. The van der Waals surface area contributed by atoms with Crippen LogP contribution in [0.1, 0.15) is 28.9 Å². The Balaban J connectivity index is 2.07. The number of hydrogen-bond donors (Lipinski definition) is 1. The minimum atomic E-state index is -1.44. The summed E-state index contributed by atoms with van der Waals surface area (Å²) >= 11 is 1.13. The van der Waals surface area contributed by atoms with Gasteiger partial charge in [0, 0.05) is 25.5 Å². The molecule has 27 heavy (non-hydrogen) atoms. The Labute approximate surface area is 155 Å². The van der Waals surface area contributed by atoms with Gasteiger partial charge in [-0.15, -0.1) is 11.3 Å². The number of anilines is 2. The third-order valence-corrected chi connectivity index (χ3v) is 6.41. The van der Waals surface area contributed by atoms with E-state index in [-0.39, 0.29) is 16.0 Å². The van der Waals surface area contributed by atoms with E-state index in [1.807, 2.05) is 4.90 Å². The van der Waals surface area contributed by atoms with Gasteiger partial charge in [0.1, 0.15) is 16.1 Å². The molecule has 9 heteroatoms. The van der Waals surface area contributed by atoms with E-state index in [4.69, 9.17) is 0 Å². The second-order valence-electron chi connectivity index (χ2n) is 6.98. The molecule has 0 amide bonds. The SMILES string of the molecule is CN1Cc2csc3c(C(=O)O)c(=O)c4c(F)c(F)c(N5CCCC5)c1c4n23. The lowest BCUT2D eigenvalue weighted by Gasteiger charge is -2.32. The zero-order valence-corrected chi connectivity index (χ0v) is 15.2. The first kappa shape index (κ1) is 16.5. The lowest BCUT2D eigenvalue weighted by Crippen LogP contribution is -2.31. The zero-order valence-electron chi connectivity index (χ0n) is 14.4. The van der Waals surface area contributed by atoms with Gasteiger partial charge in [-0.25, -0.2) is 13.6 Å². The number of carbonyl (C=O) groups is 1. The maximum Gasteiger partial charge on any atom is 0.342 e. The summed E-state index contributed by atoms with van der Waals surface area (Å²) in [5.41, 5.74) is 0.115. The highest BCUT2D eigenvalue weighted by Crippen LogP contribution is 2.45. The summed E-state index contributed by atoms with van der Waals surface area (Å²) in [4.78, 5) is 28.4. The van der Waals surface area contributed by atoms with Crippen LogP contribution in [0.4, 0.5) is 20.2 Å². The van der Waals surface area contributed by atoms with E-state index in [1.165, 1.54) is 0 Å². The molecular formula is C18H15F2N3O3S. The van der Waals surface area contributed by atoms with Gasteiger partial charge in [0.2, 0.25) is 5.43 Å². The number of thiazole rings is 1. The monoisotopic (exact) mass is 391 g/mol. The maximum atomic E-state index is 15.1. The minimum absolute atomic E-state index is 0.160. The van der Waals surface area contributed by atoms with Gasteiger partial charge in [-0.1, -0.05) is 0 Å². The van der Waals surface area contributed by atoms with Crippen LogP contribution in [-0.4, -0.2) is 35.6 Å². The number of aromatic nitrogens is 1. The lowest BCUT2D eigenvalue weighted by molar-refractivity contribution is 0.0697. The molecule has 0 bridgehead atoms. The van der Waals surface area contributed by atoms with Crippen molar-refractivity contribution in [2.75, 3.05) is 29.9 Å². The highest BCUT2D eigenvalue weighted by Gasteiger charge is 2.35. The van der Waals surface area contributed by atoms with E-state index in [2.05, 4.69) is 0 Å². The van der Waals surface area contributed by atoms with Gasteiger partial charge in [0.05, 0.1) is 28.8 Å². The number of aromatic carboxylic acids is 1. The predicted octanol–water partition coefficient (Wildman–Crippen LogP) is 3.04. The van der Waals surface area contributed by atoms with Gasteiger partial charge in [-0.05, 0) is 12.8 Å². The number of hydrogen-bond acceptors (Lipinski definition) is 5. The molecule has 140 valence electrons. The molecule has 0 saturated carbocycles. The van der Waals surface area contributed by atoms with Crippen LogP contribution in [0.5, 0.6) is 0 Å². The van der Waals surface area contributed by atoms with Gasteiger partial charge in [0.15, 0.2) is 11.6 Å². The van der Waals surface area contributed by atoms with Crippen molar-refractivity contribution < 1.29 is 18.7 Å². The van der Waals surface area contributed by atoms with E-state index < -0.39 is 34.0 Å². The standard InChI is InChI=1S/C18H15F2N3O3S/c1-21-6-8-7-27-17-10(18(25)26)16(24)9-11(19)12(20)14(22-4-2-3-5-22)15(21)13(9)23(8)17/h7H,2-6H2,1H3,(H,25,26). The summed E-state index contributed by atoms with van der Waals surface area (Å²) in [5.74, 6) is -3.80. The van der Waals surface area contributed by atoms with E-state index in [0.717, 1.165) is 29.9 Å². The molecule has 2 aliphatic rings. The summed E-state index contributed by atoms with van der Waals surface area (Å²) < 4.78 is 31.8. The summed E-state index contributed by atoms with van der Waals surface area (Å²) in [6, 6.07) is 0. The van der Waals surface area contributed by atoms with Crippen LogP contribution in [0, 0.1) is 11.6 Å². The molecule has 0 atom stereocenters. The van der Waals surface area contributed by atoms with Crippen molar-refractivity contribution in [3.8, 4) is 0 Å². The highest BCUT2D eigenvalue weighted by atomic mass is 32.1. The van der Waals surface area contributed by atoms with Gasteiger partial charge < -0.3 is 14.9 Å². The molecule has 1 saturated heterocycles. The predicted molar refractivity (Wildman–Crippen MR) is 99.5 cm³/mol. The van der Waals surface area contributed by atoms with E-state index in [1.54, 1.807) is 21.7 Å². The fourth-order valence-corrected chi connectivity index (χ4v) is 5.32. The molecule has 3 aromatic rings. The van der Waals surface area contributed by atoms with Gasteiger partial charge in [-0.2, -0.15) is 0 Å². The number of carboxylic acids is 1. The van der Waals surface area contributed by atoms with Crippen LogP contribution in [-0.2, 0) is 6.54 Å². The first-order valence-corrected chi connectivity index (χ1v) is 9.49. The summed E-state index contributed by atoms with van der Waals surface area (Å²) in [6.07, 6.45) is 1.78. The molecule has 0 unspecified atom stereocenters. The summed E-state index contributed by atoms with van der Waals surface area (Å²) in [5, 5.41) is 10.8. The molecule has 1 aromatic carbocycles. The number of halogens is 2. The second-order valence-corrected chi connectivity index (χ2v) is 7.83. The van der Waals surface area contributed by atoms with Crippen molar-refractivity contribution in [2.45, 2.75) is 19.4 Å². The van der Waals surface area contributed by atoms with Crippen LogP contribution in [0.25, 0.3) is 15.7 Å². The van der Waals surface area contributed by atoms with Crippen LogP contribution < -0.4 is 15.2 Å². The number of pyridine rings is 1. The quantitative estimate of drug-likeness (QED) is 0.728. The fourth-order valence-electron chi connectivity index (χ4n) is 4.28. The van der Waals surface area contributed by atoms with Gasteiger partial charge >= 0.3 is 5.97 Å². The largest absolute Gasteiger partial charge is 0.477 e. The Kier molecular flexibility index (Phi) is 3.31. The minimum Gasteiger partial charge on any atom is -0.477 e. The van der Waals surface area contributed by atoms with Gasteiger partial charge in [0.25, 0.3) is 0 Å². The van der Waals surface area contributed by atoms with Crippen LogP contribution in [0.3, 0.4) is 0 Å². The van der Waals surface area contributed by atoms with Crippen molar-refractivity contribution in [2.24, 2.45) is 0 Å². The third kappa shape index (κ3) is 1.97. The number of nitrogens with zero attached hydrogens (tertiary/aromatic N) is 3. The maximum absolute atomic E-state index is 15.1. The van der Waals surface area contributed by atoms with Crippen molar-refractivity contribution >= 4 is 44.4 Å². The molecule has 5 rings (SSSR count). The number of benzene rings is 1. The average Bonchev–Trinajstić information content (AvgIpc) is 3.27. The molecule has 0 spiro atoms. The Bertz CT molecular complexity index is 1210. The van der Waals surface area contributed by atoms with E-state index >= 15 is 8.78 Å². The molecule has 6 nitrogen and oxygen atoms in total. The number of carboxylic acid groups (broad SMARTS) is 1. The third-order valence-electron chi connectivity index (χ3n) is 5.41. The lowest BCUT2D eigenvalue weighted by atomic mass is 10.0. The first-order chi connectivity index (χ1) is 12.9. The molecule has 2 aromatic heterocycles. The molecule has 1 fully saturated rings. The van der Waals surface area contributed by atoms with Gasteiger partial charge in [-0.3, -0.25) is 9.20 Å². The highest BCUT2D eigenvalue weighted by molar-refractivity contribution is 7.16. The van der Waals surface area contributed by atoms with Crippen molar-refractivity contribution in [1.82, 2.24) is 4.40 Å². The van der Waals surface area contributed by atoms with E-state index in [9.17, 15) is 14.7 Å². The molecule has 0 aliphatic carbocycles. The smallest absolute Gasteiger partial charge is 0.342 e. The van der Waals surface area contributed by atoms with E-state index in [0.29, 0.717) is 25.3 Å². The zero-order chi connectivity index (χ0) is 19.0. The molecule has 0 radical (unpaired) electrons. The average molecular weight is 391 g/mol. The molecule has 4 heterocycles. The first-order valence-electron chi connectivity index (χ1n) is 8.61. The van der Waals surface area contributed by atoms with Crippen LogP contribution in [0.15, 0.2) is 10.2 Å². The Morgan fingerprint density at radius 3 is 2.56 bits per heavy atom. The van der Waals surface area contributed by atoms with Crippen LogP contribution in [0.2, 0.25) is 0 Å². The molecule has 1 N–H and O–H groups in total. The van der Waals surface area contributed by atoms with Crippen molar-refractivity contribution in [3.63, 3.8) is 0 Å². The Morgan fingerprint density at radius 1 is 1.19 bits per heavy atom. The summed E-state index contributed by atoms with van der Waals surface area (Å²) in [7, 11) is 1.77. The fraction of sp³-hybridized carbons (Fsp3) is 0.333. The van der Waals surface area contributed by atoms with Crippen molar-refractivity contribution in [3.05, 3.63) is 38.5 Å². The second kappa shape index (κ2) is 5.41. The van der Waals surface area contributed by atoms with Crippen LogP contribution >= 0.6 is 11.3 Å². The Morgan fingerprint density at radius 2 is 1.89 bits per heavy atom. The molecule has 2 aliphatic heterocycles. The molecular weight excluding hydrogens is 376 g/mol. The normalized spacial score (nSPS) is 16.3. The van der Waals surface area contributed by atoms with Crippen molar-refractivity contribution in [1.29, 1.82) is 0 Å². The summed E-state index contributed by atoms with van der Waals surface area (Å²) in [6.45, 7) is 1.64. The topological polar surface area (TPSA) is 65.3 Å².